The Hall–Kier alpha value is -1.10. The van der Waals surface area contributed by atoms with Gasteiger partial charge < -0.3 is 16.4 Å². The molecule has 5 heteroatoms. The fraction of sp³-hybridized carbons (Fsp3) is 0.889. The maximum atomic E-state index is 11.6. The van der Waals surface area contributed by atoms with Gasteiger partial charge in [-0.3, -0.25) is 9.59 Å². The molecule has 0 aliphatic rings. The van der Waals surface area contributed by atoms with Crippen molar-refractivity contribution in [1.82, 2.24) is 10.6 Å². The molecule has 0 radical (unpaired) electrons. The minimum atomic E-state index is -0.273. The van der Waals surface area contributed by atoms with E-state index in [9.17, 15) is 9.59 Å². The highest BCUT2D eigenvalue weighted by atomic mass is 16.2. The molecule has 0 rings (SSSR count). The number of nitrogens with one attached hydrogen (secondary N) is 2. The van der Waals surface area contributed by atoms with E-state index in [0.29, 0.717) is 12.6 Å². The predicted molar refractivity (Wildman–Crippen MR) is 96.0 cm³/mol. The highest BCUT2D eigenvalue weighted by Gasteiger charge is 2.18. The van der Waals surface area contributed by atoms with E-state index in [0.717, 1.165) is 32.1 Å². The van der Waals surface area contributed by atoms with E-state index in [4.69, 9.17) is 5.73 Å². The standard InChI is InChI=1S/C18H37N3O2/c1-5-7-8-11-15(6-2)21-16(17(19)22)12-9-10-13-20-18(23)14(3)4/h14-16,21H,5-13H2,1-4H3,(H2,19,22)(H,20,23). The van der Waals surface area contributed by atoms with Gasteiger partial charge in [0.05, 0.1) is 6.04 Å². The molecule has 0 heterocycles. The van der Waals surface area contributed by atoms with Crippen molar-refractivity contribution in [3.05, 3.63) is 0 Å². The van der Waals surface area contributed by atoms with Gasteiger partial charge in [-0.2, -0.15) is 0 Å². The predicted octanol–water partition coefficient (Wildman–Crippen LogP) is 2.73. The highest BCUT2D eigenvalue weighted by Crippen LogP contribution is 2.09. The molecule has 0 aromatic carbocycles. The van der Waals surface area contributed by atoms with Crippen molar-refractivity contribution in [2.45, 2.75) is 91.1 Å². The summed E-state index contributed by atoms with van der Waals surface area (Å²) in [6.45, 7) is 8.76. The average molecular weight is 328 g/mol. The first-order valence-corrected chi connectivity index (χ1v) is 9.25. The van der Waals surface area contributed by atoms with E-state index in [-0.39, 0.29) is 23.8 Å². The van der Waals surface area contributed by atoms with Crippen molar-refractivity contribution < 1.29 is 9.59 Å². The minimum absolute atomic E-state index is 0.0171. The molecule has 0 aromatic rings. The van der Waals surface area contributed by atoms with Gasteiger partial charge in [-0.15, -0.1) is 0 Å². The zero-order chi connectivity index (χ0) is 17.7. The number of nitrogens with two attached hydrogens (primary N) is 1. The highest BCUT2D eigenvalue weighted by molar-refractivity contribution is 5.79. The normalized spacial score (nSPS) is 13.8. The molecule has 0 saturated carbocycles. The number of unbranched alkanes of at least 4 members (excludes halogenated alkanes) is 3. The Kier molecular flexibility index (Phi) is 12.7. The molecular formula is C18H37N3O2. The number of carbonyl (C=O) groups excluding carboxylic acids is 2. The Bertz CT molecular complexity index is 332. The van der Waals surface area contributed by atoms with Gasteiger partial charge in [-0.1, -0.05) is 47.0 Å². The number of amides is 2. The van der Waals surface area contributed by atoms with E-state index in [1.807, 2.05) is 13.8 Å². The molecule has 0 aromatic heterocycles. The first-order chi connectivity index (χ1) is 10.9. The van der Waals surface area contributed by atoms with Gasteiger partial charge in [0.1, 0.15) is 0 Å². The SMILES string of the molecule is CCCCCC(CC)NC(CCCCNC(=O)C(C)C)C(N)=O. The number of carbonyl (C=O) groups is 2. The zero-order valence-corrected chi connectivity index (χ0v) is 15.5. The van der Waals surface area contributed by atoms with Gasteiger partial charge in [0.15, 0.2) is 0 Å². The summed E-state index contributed by atoms with van der Waals surface area (Å²) in [7, 11) is 0. The average Bonchev–Trinajstić information content (AvgIpc) is 2.51. The van der Waals surface area contributed by atoms with Crippen LogP contribution in [0.4, 0.5) is 0 Å². The lowest BCUT2D eigenvalue weighted by atomic mass is 10.0. The second-order valence-electron chi connectivity index (χ2n) is 6.66. The van der Waals surface area contributed by atoms with Crippen LogP contribution in [0.3, 0.4) is 0 Å². The summed E-state index contributed by atoms with van der Waals surface area (Å²) in [6.07, 6.45) is 8.22. The fourth-order valence-electron chi connectivity index (χ4n) is 2.53. The molecule has 2 unspecified atom stereocenters. The third-order valence-electron chi connectivity index (χ3n) is 4.17. The van der Waals surface area contributed by atoms with Crippen molar-refractivity contribution in [3.8, 4) is 0 Å². The summed E-state index contributed by atoms with van der Waals surface area (Å²) in [5.41, 5.74) is 5.53. The van der Waals surface area contributed by atoms with E-state index in [2.05, 4.69) is 24.5 Å². The Labute approximate surface area is 142 Å². The molecular weight excluding hydrogens is 290 g/mol. The van der Waals surface area contributed by atoms with Crippen LogP contribution in [-0.2, 0) is 9.59 Å². The summed E-state index contributed by atoms with van der Waals surface area (Å²) >= 11 is 0. The maximum absolute atomic E-state index is 11.6. The van der Waals surface area contributed by atoms with Crippen molar-refractivity contribution in [2.75, 3.05) is 6.54 Å². The molecule has 2 atom stereocenters. The monoisotopic (exact) mass is 327 g/mol. The van der Waals surface area contributed by atoms with Gasteiger partial charge in [0.2, 0.25) is 11.8 Å². The van der Waals surface area contributed by atoms with Crippen LogP contribution in [-0.4, -0.2) is 30.4 Å². The third kappa shape index (κ3) is 11.1. The lowest BCUT2D eigenvalue weighted by Gasteiger charge is -2.23. The van der Waals surface area contributed by atoms with Crippen LogP contribution < -0.4 is 16.4 Å². The van der Waals surface area contributed by atoms with Gasteiger partial charge in [0, 0.05) is 18.5 Å². The van der Waals surface area contributed by atoms with Crippen LogP contribution >= 0.6 is 0 Å². The Morgan fingerprint density at radius 1 is 1.00 bits per heavy atom. The Balaban J connectivity index is 4.05. The lowest BCUT2D eigenvalue weighted by Crippen LogP contribution is -2.46. The second-order valence-corrected chi connectivity index (χ2v) is 6.66. The van der Waals surface area contributed by atoms with E-state index < -0.39 is 0 Å². The zero-order valence-electron chi connectivity index (χ0n) is 15.5. The minimum Gasteiger partial charge on any atom is -0.368 e. The summed E-state index contributed by atoms with van der Waals surface area (Å²) in [6, 6.07) is 0.0991. The van der Waals surface area contributed by atoms with Gasteiger partial charge in [-0.25, -0.2) is 0 Å². The van der Waals surface area contributed by atoms with Gasteiger partial charge in [-0.05, 0) is 32.1 Å². The van der Waals surface area contributed by atoms with Crippen LogP contribution in [0.15, 0.2) is 0 Å². The van der Waals surface area contributed by atoms with Gasteiger partial charge in [0.25, 0.3) is 0 Å². The molecule has 0 bridgehead atoms. The molecule has 0 aliphatic carbocycles. The lowest BCUT2D eigenvalue weighted by molar-refractivity contribution is -0.124. The number of primary amides is 1. The number of hydrogen-bond donors (Lipinski definition) is 3. The van der Waals surface area contributed by atoms with Crippen molar-refractivity contribution >= 4 is 11.8 Å². The quantitative estimate of drug-likeness (QED) is 0.429. The second kappa shape index (κ2) is 13.3. The maximum Gasteiger partial charge on any atom is 0.234 e. The van der Waals surface area contributed by atoms with Crippen molar-refractivity contribution in [3.63, 3.8) is 0 Å². The number of hydrogen-bond acceptors (Lipinski definition) is 3. The topological polar surface area (TPSA) is 84.2 Å². The summed E-state index contributed by atoms with van der Waals surface area (Å²) in [4.78, 5) is 23.1. The molecule has 0 aliphatic heterocycles. The first-order valence-electron chi connectivity index (χ1n) is 9.25. The molecule has 0 fully saturated rings. The first kappa shape index (κ1) is 21.9. The smallest absolute Gasteiger partial charge is 0.234 e. The fourth-order valence-corrected chi connectivity index (χ4v) is 2.53. The van der Waals surface area contributed by atoms with E-state index in [1.54, 1.807) is 0 Å². The van der Waals surface area contributed by atoms with Crippen LogP contribution in [0.25, 0.3) is 0 Å². The Morgan fingerprint density at radius 2 is 1.65 bits per heavy atom. The van der Waals surface area contributed by atoms with Crippen molar-refractivity contribution in [2.24, 2.45) is 11.7 Å². The molecule has 2 amide bonds. The Morgan fingerprint density at radius 3 is 2.17 bits per heavy atom. The van der Waals surface area contributed by atoms with Crippen LogP contribution in [0.2, 0.25) is 0 Å². The van der Waals surface area contributed by atoms with Crippen molar-refractivity contribution in [1.29, 1.82) is 0 Å². The van der Waals surface area contributed by atoms with Gasteiger partial charge >= 0.3 is 0 Å². The summed E-state index contributed by atoms with van der Waals surface area (Å²) in [5, 5.41) is 6.31. The number of rotatable bonds is 14. The third-order valence-corrected chi connectivity index (χ3v) is 4.17. The summed E-state index contributed by atoms with van der Waals surface area (Å²) in [5.74, 6) is -0.176. The molecule has 136 valence electrons. The molecule has 0 spiro atoms. The van der Waals surface area contributed by atoms with Crippen LogP contribution in [0, 0.1) is 5.92 Å². The summed E-state index contributed by atoms with van der Waals surface area (Å²) < 4.78 is 0. The molecule has 5 nitrogen and oxygen atoms in total. The molecule has 0 saturated heterocycles. The molecule has 4 N–H and O–H groups in total. The van der Waals surface area contributed by atoms with Crippen LogP contribution in [0.5, 0.6) is 0 Å². The van der Waals surface area contributed by atoms with E-state index >= 15 is 0 Å². The largest absolute Gasteiger partial charge is 0.368 e. The molecule has 23 heavy (non-hydrogen) atoms. The van der Waals surface area contributed by atoms with Crippen LogP contribution in [0.1, 0.15) is 79.1 Å². The van der Waals surface area contributed by atoms with E-state index in [1.165, 1.54) is 19.3 Å².